The van der Waals surface area contributed by atoms with Crippen LogP contribution in [0.1, 0.15) is 17.0 Å². The molecule has 5 nitrogen and oxygen atoms in total. The third-order valence-corrected chi connectivity index (χ3v) is 5.39. The molecule has 0 spiro atoms. The Hall–Kier alpha value is -3.31. The van der Waals surface area contributed by atoms with Crippen molar-refractivity contribution < 1.29 is 9.90 Å². The smallest absolute Gasteiger partial charge is 0.407 e. The van der Waals surface area contributed by atoms with Crippen molar-refractivity contribution in [1.29, 1.82) is 0 Å². The number of H-pyrrole nitrogens is 1. The molecule has 2 heterocycles. The summed E-state index contributed by atoms with van der Waals surface area (Å²) in [5.74, 6) is -0.0906. The fraction of sp³-hybridized carbons (Fsp3) is 0.130. The van der Waals surface area contributed by atoms with Crippen LogP contribution in [-0.2, 0) is 0 Å². The van der Waals surface area contributed by atoms with Gasteiger partial charge in [-0.15, -0.1) is 0 Å². The van der Waals surface area contributed by atoms with E-state index in [1.165, 1.54) is 4.90 Å². The minimum absolute atomic E-state index is 0.0906. The van der Waals surface area contributed by atoms with Crippen LogP contribution in [-0.4, -0.2) is 39.7 Å². The minimum Gasteiger partial charge on any atom is -0.465 e. The Morgan fingerprint density at radius 2 is 1.72 bits per heavy atom. The predicted octanol–water partition coefficient (Wildman–Crippen LogP) is 5.63. The summed E-state index contributed by atoms with van der Waals surface area (Å²) in [5.41, 5.74) is 5.11. The lowest BCUT2D eigenvalue weighted by Crippen LogP contribution is -2.30. The summed E-state index contributed by atoms with van der Waals surface area (Å²) >= 11 is 6.03. The van der Waals surface area contributed by atoms with Crippen molar-refractivity contribution in [1.82, 2.24) is 14.9 Å². The highest BCUT2D eigenvalue weighted by Crippen LogP contribution is 2.31. The highest BCUT2D eigenvalue weighted by atomic mass is 35.5. The maximum absolute atomic E-state index is 11.4. The molecule has 2 aromatic carbocycles. The zero-order chi connectivity index (χ0) is 20.4. The SMILES string of the molecule is CN(CC(c1ccc(Cl)cc1)c1ccc(-c2ccnc3[nH]ccc23)cc1)C(=O)O. The molecule has 0 aliphatic heterocycles. The molecule has 0 aliphatic carbocycles. The van der Waals surface area contributed by atoms with Gasteiger partial charge < -0.3 is 15.0 Å². The zero-order valence-corrected chi connectivity index (χ0v) is 16.6. The number of pyridine rings is 1. The molecule has 6 heteroatoms. The quantitative estimate of drug-likeness (QED) is 0.452. The lowest BCUT2D eigenvalue weighted by Gasteiger charge is -2.23. The second kappa shape index (κ2) is 7.97. The molecule has 0 saturated carbocycles. The summed E-state index contributed by atoms with van der Waals surface area (Å²) in [7, 11) is 1.58. The number of benzene rings is 2. The molecule has 4 aromatic rings. The fourth-order valence-corrected chi connectivity index (χ4v) is 3.68. The van der Waals surface area contributed by atoms with Crippen LogP contribution in [0.2, 0.25) is 5.02 Å². The molecule has 1 unspecified atom stereocenters. The highest BCUT2D eigenvalue weighted by Gasteiger charge is 2.19. The van der Waals surface area contributed by atoms with Crippen LogP contribution in [0.4, 0.5) is 4.79 Å². The summed E-state index contributed by atoms with van der Waals surface area (Å²) in [6.07, 6.45) is 2.72. The molecule has 0 radical (unpaired) electrons. The molecule has 0 fully saturated rings. The number of halogens is 1. The average Bonchev–Trinajstić information content (AvgIpc) is 3.22. The van der Waals surface area contributed by atoms with E-state index < -0.39 is 6.09 Å². The number of aromatic amines is 1. The van der Waals surface area contributed by atoms with Gasteiger partial charge in [0.05, 0.1) is 0 Å². The number of carbonyl (C=O) groups is 1. The largest absolute Gasteiger partial charge is 0.465 e. The van der Waals surface area contributed by atoms with Crippen molar-refractivity contribution in [3.05, 3.63) is 89.2 Å². The monoisotopic (exact) mass is 405 g/mol. The summed E-state index contributed by atoms with van der Waals surface area (Å²) in [5, 5.41) is 11.1. The van der Waals surface area contributed by atoms with Gasteiger partial charge in [0, 0.05) is 42.3 Å². The Balaban J connectivity index is 1.70. The van der Waals surface area contributed by atoms with Crippen LogP contribution in [0.25, 0.3) is 22.2 Å². The standard InChI is InChI=1S/C23H20ClN3O2/c1-27(23(28)29)14-21(17-6-8-18(24)9-7-17)16-4-2-15(3-5-16)19-10-12-25-22-20(19)11-13-26-22/h2-13,21H,14H2,1H3,(H,25,26)(H,28,29). The Bertz CT molecular complexity index is 1140. The van der Waals surface area contributed by atoms with Crippen molar-refractivity contribution in [3.63, 3.8) is 0 Å². The van der Waals surface area contributed by atoms with Gasteiger partial charge in [0.25, 0.3) is 0 Å². The number of hydrogen-bond donors (Lipinski definition) is 2. The van der Waals surface area contributed by atoms with Crippen molar-refractivity contribution in [3.8, 4) is 11.1 Å². The average molecular weight is 406 g/mol. The number of hydrogen-bond acceptors (Lipinski definition) is 2. The van der Waals surface area contributed by atoms with E-state index in [1.54, 1.807) is 13.2 Å². The second-order valence-corrected chi connectivity index (χ2v) is 7.42. The van der Waals surface area contributed by atoms with Gasteiger partial charge in [-0.3, -0.25) is 0 Å². The molecule has 0 bridgehead atoms. The van der Waals surface area contributed by atoms with Gasteiger partial charge in [-0.25, -0.2) is 9.78 Å². The molecule has 1 atom stereocenters. The normalized spacial score (nSPS) is 12.1. The Morgan fingerprint density at radius 3 is 2.38 bits per heavy atom. The van der Waals surface area contributed by atoms with E-state index in [2.05, 4.69) is 34.2 Å². The van der Waals surface area contributed by atoms with Gasteiger partial charge in [-0.2, -0.15) is 0 Å². The van der Waals surface area contributed by atoms with Crippen LogP contribution >= 0.6 is 11.6 Å². The number of aromatic nitrogens is 2. The molecule has 1 amide bonds. The highest BCUT2D eigenvalue weighted by molar-refractivity contribution is 6.30. The molecule has 0 saturated heterocycles. The maximum atomic E-state index is 11.4. The van der Waals surface area contributed by atoms with Crippen molar-refractivity contribution in [2.45, 2.75) is 5.92 Å². The van der Waals surface area contributed by atoms with Crippen LogP contribution in [0, 0.1) is 0 Å². The van der Waals surface area contributed by atoms with Gasteiger partial charge >= 0.3 is 6.09 Å². The van der Waals surface area contributed by atoms with E-state index in [0.717, 1.165) is 33.3 Å². The van der Waals surface area contributed by atoms with Crippen molar-refractivity contribution in [2.75, 3.05) is 13.6 Å². The first-order chi connectivity index (χ1) is 14.0. The van der Waals surface area contributed by atoms with Gasteiger partial charge in [0.2, 0.25) is 0 Å². The summed E-state index contributed by atoms with van der Waals surface area (Å²) in [6, 6.07) is 19.8. The molecule has 29 heavy (non-hydrogen) atoms. The predicted molar refractivity (Wildman–Crippen MR) is 115 cm³/mol. The molecule has 146 valence electrons. The van der Waals surface area contributed by atoms with E-state index in [-0.39, 0.29) is 5.92 Å². The first-order valence-electron chi connectivity index (χ1n) is 9.25. The molecular formula is C23H20ClN3O2. The Labute approximate surface area is 173 Å². The Morgan fingerprint density at radius 1 is 1.07 bits per heavy atom. The third kappa shape index (κ3) is 3.96. The van der Waals surface area contributed by atoms with E-state index in [4.69, 9.17) is 11.6 Å². The van der Waals surface area contributed by atoms with E-state index in [9.17, 15) is 9.90 Å². The van der Waals surface area contributed by atoms with Crippen molar-refractivity contribution in [2.24, 2.45) is 0 Å². The number of likely N-dealkylation sites (N-methyl/N-ethyl adjacent to an activating group) is 1. The van der Waals surface area contributed by atoms with Gasteiger partial charge in [-0.1, -0.05) is 48.0 Å². The van der Waals surface area contributed by atoms with Gasteiger partial charge in [-0.05, 0) is 46.5 Å². The Kier molecular flexibility index (Phi) is 5.23. The molecular weight excluding hydrogens is 386 g/mol. The summed E-state index contributed by atoms with van der Waals surface area (Å²) < 4.78 is 0. The first-order valence-corrected chi connectivity index (χ1v) is 9.62. The van der Waals surface area contributed by atoms with Crippen molar-refractivity contribution >= 4 is 28.7 Å². The number of carboxylic acid groups (broad SMARTS) is 1. The molecule has 2 N–H and O–H groups in total. The van der Waals surface area contributed by atoms with Gasteiger partial charge in [0.1, 0.15) is 5.65 Å². The molecule has 4 rings (SSSR count). The molecule has 2 aromatic heterocycles. The molecule has 0 aliphatic rings. The van der Waals surface area contributed by atoms with E-state index >= 15 is 0 Å². The first kappa shape index (κ1) is 19.0. The van der Waals surface area contributed by atoms with Crippen LogP contribution in [0.15, 0.2) is 73.1 Å². The lowest BCUT2D eigenvalue weighted by molar-refractivity contribution is 0.154. The lowest BCUT2D eigenvalue weighted by atomic mass is 9.89. The van der Waals surface area contributed by atoms with E-state index in [0.29, 0.717) is 11.6 Å². The second-order valence-electron chi connectivity index (χ2n) is 6.99. The number of amides is 1. The number of fused-ring (bicyclic) bond motifs is 1. The van der Waals surface area contributed by atoms with E-state index in [1.807, 2.05) is 42.6 Å². The third-order valence-electron chi connectivity index (χ3n) is 5.14. The maximum Gasteiger partial charge on any atom is 0.407 e. The minimum atomic E-state index is -0.952. The van der Waals surface area contributed by atoms with Gasteiger partial charge in [0.15, 0.2) is 0 Å². The summed E-state index contributed by atoms with van der Waals surface area (Å²) in [6.45, 7) is 0.355. The van der Waals surface area contributed by atoms with Crippen LogP contribution < -0.4 is 0 Å². The van der Waals surface area contributed by atoms with Crippen LogP contribution in [0.3, 0.4) is 0 Å². The fourth-order valence-electron chi connectivity index (χ4n) is 3.56. The number of nitrogens with zero attached hydrogens (tertiary/aromatic N) is 2. The summed E-state index contributed by atoms with van der Waals surface area (Å²) in [4.78, 5) is 20.2. The van der Waals surface area contributed by atoms with Crippen LogP contribution in [0.5, 0.6) is 0 Å². The topological polar surface area (TPSA) is 69.2 Å². The number of rotatable bonds is 5. The number of nitrogens with one attached hydrogen (secondary N) is 1. The zero-order valence-electron chi connectivity index (χ0n) is 15.8.